The van der Waals surface area contributed by atoms with Crippen LogP contribution in [0.25, 0.3) is 0 Å². The normalized spacial score (nSPS) is 10.3. The Labute approximate surface area is 144 Å². The molecule has 3 aromatic rings. The number of carboxylic acids is 1. The van der Waals surface area contributed by atoms with Crippen LogP contribution < -0.4 is 16.4 Å². The van der Waals surface area contributed by atoms with Crippen LogP contribution in [0.3, 0.4) is 0 Å². The summed E-state index contributed by atoms with van der Waals surface area (Å²) < 4.78 is 0. The molecule has 0 bridgehead atoms. The number of nitrogens with two attached hydrogens (primary N) is 1. The molecule has 0 saturated carbocycles. The van der Waals surface area contributed by atoms with Gasteiger partial charge in [0.25, 0.3) is 0 Å². The summed E-state index contributed by atoms with van der Waals surface area (Å²) in [7, 11) is 0. The molecule has 5 N–H and O–H groups in total. The van der Waals surface area contributed by atoms with Crippen molar-refractivity contribution in [1.82, 2.24) is 9.97 Å². The SMILES string of the molecule is Cc1ccccc1Nc1ncnc(Nc2ccc(C(=O)O)cc2)c1N. The molecule has 0 aliphatic carbocycles. The lowest BCUT2D eigenvalue weighted by Gasteiger charge is -2.13. The largest absolute Gasteiger partial charge is 0.478 e. The maximum Gasteiger partial charge on any atom is 0.335 e. The molecule has 0 amide bonds. The molecule has 0 fully saturated rings. The molecule has 7 heteroatoms. The van der Waals surface area contributed by atoms with Crippen LogP contribution in [-0.2, 0) is 0 Å². The highest BCUT2D eigenvalue weighted by atomic mass is 16.4. The molecule has 2 aromatic carbocycles. The predicted octanol–water partition coefficient (Wildman–Crippen LogP) is 3.55. The zero-order valence-electron chi connectivity index (χ0n) is 13.5. The molecular formula is C18H17N5O2. The number of carboxylic acid groups (broad SMARTS) is 1. The van der Waals surface area contributed by atoms with Gasteiger partial charge in [0.15, 0.2) is 11.6 Å². The molecule has 7 nitrogen and oxygen atoms in total. The van der Waals surface area contributed by atoms with Crippen LogP contribution in [-0.4, -0.2) is 21.0 Å². The molecule has 0 aliphatic heterocycles. The van der Waals surface area contributed by atoms with Crippen LogP contribution in [0.5, 0.6) is 0 Å². The molecule has 25 heavy (non-hydrogen) atoms. The number of nitrogens with one attached hydrogen (secondary N) is 2. The van der Waals surface area contributed by atoms with Crippen LogP contribution in [0, 0.1) is 6.92 Å². The minimum atomic E-state index is -0.974. The summed E-state index contributed by atoms with van der Waals surface area (Å²) in [5, 5.41) is 15.2. The molecule has 1 heterocycles. The van der Waals surface area contributed by atoms with Gasteiger partial charge in [-0.25, -0.2) is 14.8 Å². The summed E-state index contributed by atoms with van der Waals surface area (Å²) in [6.07, 6.45) is 1.41. The molecular weight excluding hydrogens is 318 g/mol. The van der Waals surface area contributed by atoms with Gasteiger partial charge in [-0.05, 0) is 42.8 Å². The summed E-state index contributed by atoms with van der Waals surface area (Å²) >= 11 is 0. The van der Waals surface area contributed by atoms with Crippen LogP contribution in [0.15, 0.2) is 54.9 Å². The van der Waals surface area contributed by atoms with Crippen molar-refractivity contribution in [2.75, 3.05) is 16.4 Å². The lowest BCUT2D eigenvalue weighted by Crippen LogP contribution is -2.06. The fourth-order valence-corrected chi connectivity index (χ4v) is 2.27. The number of nitrogen functional groups attached to an aromatic ring is 1. The average molecular weight is 335 g/mol. The van der Waals surface area contributed by atoms with Crippen molar-refractivity contribution in [3.8, 4) is 0 Å². The first-order valence-electron chi connectivity index (χ1n) is 7.58. The highest BCUT2D eigenvalue weighted by Crippen LogP contribution is 2.29. The van der Waals surface area contributed by atoms with Gasteiger partial charge in [0, 0.05) is 11.4 Å². The highest BCUT2D eigenvalue weighted by Gasteiger charge is 2.10. The second-order valence-corrected chi connectivity index (χ2v) is 5.43. The number of aromatic carboxylic acids is 1. The maximum atomic E-state index is 10.9. The zero-order valence-corrected chi connectivity index (χ0v) is 13.5. The van der Waals surface area contributed by atoms with Gasteiger partial charge in [-0.1, -0.05) is 18.2 Å². The van der Waals surface area contributed by atoms with Gasteiger partial charge >= 0.3 is 5.97 Å². The Hall–Kier alpha value is -3.61. The second-order valence-electron chi connectivity index (χ2n) is 5.43. The first-order valence-corrected chi connectivity index (χ1v) is 7.58. The van der Waals surface area contributed by atoms with Crippen molar-refractivity contribution < 1.29 is 9.90 Å². The number of anilines is 5. The van der Waals surface area contributed by atoms with Crippen LogP contribution >= 0.6 is 0 Å². The number of aromatic nitrogens is 2. The molecule has 0 atom stereocenters. The summed E-state index contributed by atoms with van der Waals surface area (Å²) in [5.41, 5.74) is 9.40. The van der Waals surface area contributed by atoms with Crippen molar-refractivity contribution in [3.05, 3.63) is 66.0 Å². The first kappa shape index (κ1) is 16.3. The predicted molar refractivity (Wildman–Crippen MR) is 97.6 cm³/mol. The molecule has 0 spiro atoms. The minimum absolute atomic E-state index is 0.211. The van der Waals surface area contributed by atoms with E-state index < -0.39 is 5.97 Å². The van der Waals surface area contributed by atoms with E-state index in [0.717, 1.165) is 11.3 Å². The van der Waals surface area contributed by atoms with E-state index in [1.807, 2.05) is 31.2 Å². The number of hydrogen-bond donors (Lipinski definition) is 4. The van der Waals surface area contributed by atoms with Crippen molar-refractivity contribution in [2.45, 2.75) is 6.92 Å². The topological polar surface area (TPSA) is 113 Å². The summed E-state index contributed by atoms with van der Waals surface area (Å²) in [5.74, 6) is -0.0408. The van der Waals surface area contributed by atoms with Crippen molar-refractivity contribution in [2.24, 2.45) is 0 Å². The third-order valence-electron chi connectivity index (χ3n) is 3.68. The van der Waals surface area contributed by atoms with Gasteiger partial charge in [0.2, 0.25) is 0 Å². The van der Waals surface area contributed by atoms with E-state index in [0.29, 0.717) is 23.0 Å². The number of rotatable bonds is 5. The number of carbonyl (C=O) groups is 1. The van der Waals surface area contributed by atoms with Crippen LogP contribution in [0.1, 0.15) is 15.9 Å². The van der Waals surface area contributed by atoms with Gasteiger partial charge in [-0.15, -0.1) is 0 Å². The molecule has 3 rings (SSSR count). The van der Waals surface area contributed by atoms with E-state index in [1.165, 1.54) is 18.5 Å². The van der Waals surface area contributed by atoms with E-state index in [4.69, 9.17) is 10.8 Å². The van der Waals surface area contributed by atoms with Gasteiger partial charge < -0.3 is 21.5 Å². The molecule has 0 aliphatic rings. The van der Waals surface area contributed by atoms with Gasteiger partial charge in [0.05, 0.1) is 5.56 Å². The van der Waals surface area contributed by atoms with E-state index in [9.17, 15) is 4.79 Å². The Bertz CT molecular complexity index is 910. The molecule has 0 saturated heterocycles. The maximum absolute atomic E-state index is 10.9. The van der Waals surface area contributed by atoms with E-state index >= 15 is 0 Å². The van der Waals surface area contributed by atoms with E-state index in [2.05, 4.69) is 20.6 Å². The Kier molecular flexibility index (Phi) is 4.47. The second kappa shape index (κ2) is 6.88. The Morgan fingerprint density at radius 1 is 1.00 bits per heavy atom. The number of para-hydroxylation sites is 1. The quantitative estimate of drug-likeness (QED) is 0.564. The van der Waals surface area contributed by atoms with Crippen molar-refractivity contribution >= 4 is 34.7 Å². The number of benzene rings is 2. The molecule has 0 radical (unpaired) electrons. The highest BCUT2D eigenvalue weighted by molar-refractivity contribution is 5.88. The Morgan fingerprint density at radius 3 is 2.28 bits per heavy atom. The smallest absolute Gasteiger partial charge is 0.335 e. The van der Waals surface area contributed by atoms with Crippen LogP contribution in [0.4, 0.5) is 28.7 Å². The third kappa shape index (κ3) is 3.66. The molecule has 126 valence electrons. The number of aryl methyl sites for hydroxylation is 1. The average Bonchev–Trinajstić information content (AvgIpc) is 2.61. The minimum Gasteiger partial charge on any atom is -0.478 e. The van der Waals surface area contributed by atoms with Crippen molar-refractivity contribution in [1.29, 1.82) is 0 Å². The third-order valence-corrected chi connectivity index (χ3v) is 3.68. The van der Waals surface area contributed by atoms with Gasteiger partial charge in [-0.2, -0.15) is 0 Å². The standard InChI is InChI=1S/C18H17N5O2/c1-11-4-2-3-5-14(11)23-17-15(19)16(20-10-21-17)22-13-8-6-12(7-9-13)18(24)25/h2-10H,19H2,1H3,(H,24,25)(H2,20,21,22,23). The van der Waals surface area contributed by atoms with Crippen molar-refractivity contribution in [3.63, 3.8) is 0 Å². The van der Waals surface area contributed by atoms with Crippen LogP contribution in [0.2, 0.25) is 0 Å². The number of nitrogens with zero attached hydrogens (tertiary/aromatic N) is 2. The fourth-order valence-electron chi connectivity index (χ4n) is 2.27. The first-order chi connectivity index (χ1) is 12.0. The number of hydrogen-bond acceptors (Lipinski definition) is 6. The molecule has 0 unspecified atom stereocenters. The molecule has 1 aromatic heterocycles. The summed E-state index contributed by atoms with van der Waals surface area (Å²) in [4.78, 5) is 19.2. The zero-order chi connectivity index (χ0) is 17.8. The lowest BCUT2D eigenvalue weighted by molar-refractivity contribution is 0.0697. The fraction of sp³-hybridized carbons (Fsp3) is 0.0556. The van der Waals surface area contributed by atoms with E-state index in [-0.39, 0.29) is 5.56 Å². The Balaban J connectivity index is 1.83. The lowest BCUT2D eigenvalue weighted by atomic mass is 10.2. The van der Waals surface area contributed by atoms with Gasteiger partial charge in [0.1, 0.15) is 12.0 Å². The monoisotopic (exact) mass is 335 g/mol. The van der Waals surface area contributed by atoms with Gasteiger partial charge in [-0.3, -0.25) is 0 Å². The van der Waals surface area contributed by atoms with E-state index in [1.54, 1.807) is 12.1 Å². The summed E-state index contributed by atoms with van der Waals surface area (Å²) in [6, 6.07) is 14.1. The summed E-state index contributed by atoms with van der Waals surface area (Å²) in [6.45, 7) is 1.99. The Morgan fingerprint density at radius 2 is 1.64 bits per heavy atom.